The van der Waals surface area contributed by atoms with Gasteiger partial charge in [-0.3, -0.25) is 10.1 Å². The Morgan fingerprint density at radius 1 is 1.29 bits per heavy atom. The normalized spacial score (nSPS) is 11.1. The topological polar surface area (TPSA) is 29.1 Å². The molecule has 1 aromatic carbocycles. The second-order valence-corrected chi connectivity index (χ2v) is 2.79. The maximum Gasteiger partial charge on any atom is 0.482 e. The minimum Gasteiger partial charge on any atom is -0.297 e. The van der Waals surface area contributed by atoms with Crippen molar-refractivity contribution in [1.29, 1.82) is 0 Å². The van der Waals surface area contributed by atoms with E-state index in [1.165, 1.54) is 23.5 Å². The van der Waals surface area contributed by atoms with Gasteiger partial charge in [-0.1, -0.05) is 12.1 Å². The number of benzene rings is 1. The molecule has 1 aromatic rings. The molecule has 0 radical (unpaired) electrons. The Hall–Kier alpha value is -1.23. The number of carbonyl (C=O) groups excluding carboxylic acids is 1. The summed E-state index contributed by atoms with van der Waals surface area (Å²) in [5.74, 6) is 0. The Morgan fingerprint density at radius 3 is 2.36 bits per heavy atom. The van der Waals surface area contributed by atoms with Crippen LogP contribution in [0.1, 0.15) is 10.4 Å². The first-order valence-corrected chi connectivity index (χ1v) is 3.92. The predicted octanol–water partition coefficient (Wildman–Crippen LogP) is 3.00. The number of anilines is 1. The molecule has 0 unspecified atom stereocenters. The standard InChI is InChI=1S/C8H5ClF3NO/c9-7(14)5-3-1-2-4-6(5)13-8(10,11)12/h1-4,13H. The number of hydrogen-bond donors (Lipinski definition) is 1. The van der Waals surface area contributed by atoms with Crippen LogP contribution in [-0.4, -0.2) is 11.5 Å². The van der Waals surface area contributed by atoms with Crippen molar-refractivity contribution in [3.63, 3.8) is 0 Å². The predicted molar refractivity (Wildman–Crippen MR) is 46.3 cm³/mol. The van der Waals surface area contributed by atoms with Crippen LogP contribution in [0.5, 0.6) is 0 Å². The van der Waals surface area contributed by atoms with E-state index >= 15 is 0 Å². The number of alkyl halides is 3. The second-order valence-electron chi connectivity index (χ2n) is 2.44. The highest BCUT2D eigenvalue weighted by Gasteiger charge is 2.28. The fourth-order valence-corrected chi connectivity index (χ4v) is 1.08. The third-order valence-corrected chi connectivity index (χ3v) is 1.62. The minimum absolute atomic E-state index is 0.202. The van der Waals surface area contributed by atoms with Crippen LogP contribution in [0.25, 0.3) is 0 Å². The summed E-state index contributed by atoms with van der Waals surface area (Å²) in [4.78, 5) is 10.7. The molecule has 0 heterocycles. The van der Waals surface area contributed by atoms with Gasteiger partial charge in [-0.2, -0.15) is 13.2 Å². The summed E-state index contributed by atoms with van der Waals surface area (Å²) in [5.41, 5.74) is -0.550. The largest absolute Gasteiger partial charge is 0.482 e. The molecule has 6 heteroatoms. The quantitative estimate of drug-likeness (QED) is 0.617. The molecule has 2 nitrogen and oxygen atoms in total. The lowest BCUT2D eigenvalue weighted by Crippen LogP contribution is -2.21. The van der Waals surface area contributed by atoms with Gasteiger partial charge in [0.05, 0.1) is 11.3 Å². The Morgan fingerprint density at radius 2 is 1.86 bits per heavy atom. The number of halogens is 4. The van der Waals surface area contributed by atoms with Gasteiger partial charge >= 0.3 is 6.30 Å². The lowest BCUT2D eigenvalue weighted by atomic mass is 10.2. The molecule has 0 atom stereocenters. The zero-order valence-corrected chi connectivity index (χ0v) is 7.49. The molecule has 0 aromatic heterocycles. The molecule has 0 aliphatic rings. The minimum atomic E-state index is -4.58. The van der Waals surface area contributed by atoms with Crippen molar-refractivity contribution in [3.8, 4) is 0 Å². The third kappa shape index (κ3) is 2.92. The molecule has 0 bridgehead atoms. The van der Waals surface area contributed by atoms with Crippen molar-refractivity contribution in [2.45, 2.75) is 6.30 Å². The molecule has 0 aliphatic carbocycles. The molecule has 0 saturated heterocycles. The van der Waals surface area contributed by atoms with Gasteiger partial charge in [0, 0.05) is 0 Å². The van der Waals surface area contributed by atoms with E-state index < -0.39 is 11.5 Å². The van der Waals surface area contributed by atoms with E-state index in [0.717, 1.165) is 6.07 Å². The van der Waals surface area contributed by atoms with Gasteiger partial charge in [-0.25, -0.2) is 0 Å². The highest BCUT2D eigenvalue weighted by Crippen LogP contribution is 2.24. The molecular formula is C8H5ClF3NO. The van der Waals surface area contributed by atoms with Crippen LogP contribution in [0, 0.1) is 0 Å². The molecule has 76 valence electrons. The molecule has 0 amide bonds. The van der Waals surface area contributed by atoms with Gasteiger partial charge in [0.15, 0.2) is 0 Å². The maximum atomic E-state index is 11.9. The summed E-state index contributed by atoms with van der Waals surface area (Å²) in [6, 6.07) is 5.14. The van der Waals surface area contributed by atoms with Crippen LogP contribution >= 0.6 is 11.6 Å². The van der Waals surface area contributed by atoms with E-state index in [9.17, 15) is 18.0 Å². The molecule has 14 heavy (non-hydrogen) atoms. The average molecular weight is 224 g/mol. The van der Waals surface area contributed by atoms with Crippen LogP contribution in [0.3, 0.4) is 0 Å². The van der Waals surface area contributed by atoms with Crippen molar-refractivity contribution in [2.75, 3.05) is 5.32 Å². The summed E-state index contributed by atoms with van der Waals surface area (Å²) >= 11 is 5.09. The van der Waals surface area contributed by atoms with Gasteiger partial charge < -0.3 is 0 Å². The van der Waals surface area contributed by atoms with Gasteiger partial charge in [-0.15, -0.1) is 0 Å². The summed E-state index contributed by atoms with van der Waals surface area (Å²) in [6.07, 6.45) is -4.58. The SMILES string of the molecule is O=C(Cl)c1ccccc1NC(F)(F)F. The van der Waals surface area contributed by atoms with E-state index in [2.05, 4.69) is 0 Å². The number of rotatable bonds is 2. The van der Waals surface area contributed by atoms with Gasteiger partial charge in [-0.05, 0) is 23.7 Å². The van der Waals surface area contributed by atoms with Crippen LogP contribution in [0.4, 0.5) is 18.9 Å². The number of hydrogen-bond acceptors (Lipinski definition) is 2. The van der Waals surface area contributed by atoms with E-state index in [1.54, 1.807) is 0 Å². The molecule has 1 rings (SSSR count). The van der Waals surface area contributed by atoms with Crippen molar-refractivity contribution in [3.05, 3.63) is 29.8 Å². The van der Waals surface area contributed by atoms with Crippen LogP contribution in [0.15, 0.2) is 24.3 Å². The summed E-state index contributed by atoms with van der Waals surface area (Å²) < 4.78 is 35.8. The highest BCUT2D eigenvalue weighted by molar-refractivity contribution is 6.68. The molecule has 0 spiro atoms. The fourth-order valence-electron chi connectivity index (χ4n) is 0.916. The zero-order chi connectivity index (χ0) is 10.8. The van der Waals surface area contributed by atoms with Gasteiger partial charge in [0.1, 0.15) is 0 Å². The van der Waals surface area contributed by atoms with E-state index in [0.29, 0.717) is 0 Å². The number of para-hydroxylation sites is 1. The molecule has 1 N–H and O–H groups in total. The monoisotopic (exact) mass is 223 g/mol. The summed E-state index contributed by atoms with van der Waals surface area (Å²) in [5, 5.41) is 0.293. The first-order chi connectivity index (χ1) is 6.40. The third-order valence-electron chi connectivity index (χ3n) is 1.42. The number of nitrogens with one attached hydrogen (secondary N) is 1. The van der Waals surface area contributed by atoms with E-state index in [4.69, 9.17) is 11.6 Å². The average Bonchev–Trinajstić information content (AvgIpc) is 2.01. The Labute approximate surface area is 82.7 Å². The zero-order valence-electron chi connectivity index (χ0n) is 6.73. The van der Waals surface area contributed by atoms with Crippen molar-refractivity contribution in [2.24, 2.45) is 0 Å². The second kappa shape index (κ2) is 3.88. The number of carbonyl (C=O) groups is 1. The van der Waals surface area contributed by atoms with E-state index in [1.807, 2.05) is 0 Å². The van der Waals surface area contributed by atoms with Gasteiger partial charge in [0.25, 0.3) is 5.24 Å². The smallest absolute Gasteiger partial charge is 0.297 e. The lowest BCUT2D eigenvalue weighted by Gasteiger charge is -2.11. The molecule has 0 aliphatic heterocycles. The summed E-state index contributed by atoms with van der Waals surface area (Å²) in [7, 11) is 0. The van der Waals surface area contributed by atoms with Crippen molar-refractivity contribution in [1.82, 2.24) is 0 Å². The Kier molecular flexibility index (Phi) is 3.00. The van der Waals surface area contributed by atoms with Crippen molar-refractivity contribution < 1.29 is 18.0 Å². The summed E-state index contributed by atoms with van der Waals surface area (Å²) in [6.45, 7) is 0. The fraction of sp³-hybridized carbons (Fsp3) is 0.125. The van der Waals surface area contributed by atoms with Gasteiger partial charge in [0.2, 0.25) is 0 Å². The van der Waals surface area contributed by atoms with Crippen LogP contribution in [0.2, 0.25) is 0 Å². The molecular weight excluding hydrogens is 219 g/mol. The highest BCUT2D eigenvalue weighted by atomic mass is 35.5. The van der Waals surface area contributed by atoms with E-state index in [-0.39, 0.29) is 11.3 Å². The Balaban J connectivity index is 3.02. The van der Waals surface area contributed by atoms with Crippen molar-refractivity contribution >= 4 is 22.5 Å². The van der Waals surface area contributed by atoms with Crippen LogP contribution < -0.4 is 5.32 Å². The molecule has 0 fully saturated rings. The Bertz CT molecular complexity index is 351. The van der Waals surface area contributed by atoms with Crippen LogP contribution in [-0.2, 0) is 0 Å². The lowest BCUT2D eigenvalue weighted by molar-refractivity contribution is -0.0999. The molecule has 0 saturated carbocycles. The first-order valence-electron chi connectivity index (χ1n) is 3.54. The maximum absolute atomic E-state index is 11.9. The first kappa shape index (κ1) is 10.8.